The van der Waals surface area contributed by atoms with E-state index in [1.807, 2.05) is 18.2 Å². The summed E-state index contributed by atoms with van der Waals surface area (Å²) in [5.41, 5.74) is 1.20. The molecule has 2 rings (SSSR count). The minimum absolute atomic E-state index is 0.0773. The summed E-state index contributed by atoms with van der Waals surface area (Å²) in [5, 5.41) is 12.4. The van der Waals surface area contributed by atoms with E-state index in [9.17, 15) is 9.90 Å². The standard InChI is InChI=1S/C15H21NO3/c1-19-10-15(18)16-14(12-8-13(17)9-12)7-11-5-3-2-4-6-11/h2-6,12-14,17H,7-10H2,1H3,(H,16,18). The van der Waals surface area contributed by atoms with Crippen molar-refractivity contribution in [1.82, 2.24) is 5.32 Å². The first-order valence-corrected chi connectivity index (χ1v) is 6.69. The highest BCUT2D eigenvalue weighted by atomic mass is 16.5. The van der Waals surface area contributed by atoms with Gasteiger partial charge in [-0.1, -0.05) is 30.3 Å². The molecular weight excluding hydrogens is 242 g/mol. The van der Waals surface area contributed by atoms with Crippen molar-refractivity contribution in [3.8, 4) is 0 Å². The molecule has 1 aliphatic rings. The minimum atomic E-state index is -0.206. The molecule has 0 saturated heterocycles. The molecule has 1 aliphatic carbocycles. The third kappa shape index (κ3) is 4.04. The summed E-state index contributed by atoms with van der Waals surface area (Å²) in [4.78, 5) is 11.7. The van der Waals surface area contributed by atoms with Gasteiger partial charge in [0, 0.05) is 13.2 Å². The first-order chi connectivity index (χ1) is 9.19. The monoisotopic (exact) mass is 263 g/mol. The van der Waals surface area contributed by atoms with E-state index in [1.165, 1.54) is 12.7 Å². The van der Waals surface area contributed by atoms with E-state index in [4.69, 9.17) is 4.74 Å². The van der Waals surface area contributed by atoms with Gasteiger partial charge in [0.1, 0.15) is 6.61 Å². The van der Waals surface area contributed by atoms with Crippen LogP contribution in [0, 0.1) is 5.92 Å². The van der Waals surface area contributed by atoms with Gasteiger partial charge in [-0.2, -0.15) is 0 Å². The summed E-state index contributed by atoms with van der Waals surface area (Å²) in [5.74, 6) is 0.265. The number of ether oxygens (including phenoxy) is 1. The fourth-order valence-corrected chi connectivity index (χ4v) is 2.54. The quantitative estimate of drug-likeness (QED) is 0.809. The zero-order valence-electron chi connectivity index (χ0n) is 11.2. The Bertz CT molecular complexity index is 401. The number of rotatable bonds is 6. The van der Waals surface area contributed by atoms with Gasteiger partial charge in [0.25, 0.3) is 0 Å². The zero-order valence-corrected chi connectivity index (χ0v) is 11.2. The second kappa shape index (κ2) is 6.68. The van der Waals surface area contributed by atoms with E-state index < -0.39 is 0 Å². The van der Waals surface area contributed by atoms with Crippen LogP contribution in [0.25, 0.3) is 0 Å². The molecule has 1 atom stereocenters. The minimum Gasteiger partial charge on any atom is -0.393 e. The number of aliphatic hydroxyl groups is 1. The van der Waals surface area contributed by atoms with E-state index >= 15 is 0 Å². The number of hydrogen-bond donors (Lipinski definition) is 2. The molecule has 104 valence electrons. The normalized spacial score (nSPS) is 23.5. The van der Waals surface area contributed by atoms with Gasteiger partial charge in [-0.25, -0.2) is 0 Å². The van der Waals surface area contributed by atoms with E-state index in [0.717, 1.165) is 19.3 Å². The summed E-state index contributed by atoms with van der Waals surface area (Å²) in [7, 11) is 1.51. The second-order valence-corrected chi connectivity index (χ2v) is 5.18. The van der Waals surface area contributed by atoms with E-state index in [-0.39, 0.29) is 24.7 Å². The van der Waals surface area contributed by atoms with Gasteiger partial charge in [-0.15, -0.1) is 0 Å². The molecule has 4 heteroatoms. The van der Waals surface area contributed by atoms with Crippen molar-refractivity contribution in [2.45, 2.75) is 31.4 Å². The Morgan fingerprint density at radius 1 is 1.42 bits per heavy atom. The fraction of sp³-hybridized carbons (Fsp3) is 0.533. The average molecular weight is 263 g/mol. The summed E-state index contributed by atoms with van der Waals surface area (Å²) in [6, 6.07) is 10.2. The van der Waals surface area contributed by atoms with Crippen molar-refractivity contribution >= 4 is 5.91 Å². The third-order valence-corrected chi connectivity index (χ3v) is 3.64. The van der Waals surface area contributed by atoms with Crippen LogP contribution in [-0.2, 0) is 16.0 Å². The molecule has 0 aromatic heterocycles. The highest BCUT2D eigenvalue weighted by Gasteiger charge is 2.34. The lowest BCUT2D eigenvalue weighted by Gasteiger charge is -2.38. The van der Waals surface area contributed by atoms with Crippen LogP contribution in [0.15, 0.2) is 30.3 Å². The highest BCUT2D eigenvalue weighted by Crippen LogP contribution is 2.31. The predicted octanol–water partition coefficient (Wildman–Crippen LogP) is 1.13. The topological polar surface area (TPSA) is 58.6 Å². The number of aliphatic hydroxyl groups excluding tert-OH is 1. The Hall–Kier alpha value is -1.39. The number of nitrogens with one attached hydrogen (secondary N) is 1. The lowest BCUT2D eigenvalue weighted by atomic mass is 9.75. The molecule has 1 aromatic rings. The van der Waals surface area contributed by atoms with Crippen LogP contribution in [-0.4, -0.2) is 36.9 Å². The first-order valence-electron chi connectivity index (χ1n) is 6.69. The summed E-state index contributed by atoms with van der Waals surface area (Å²) in [6.45, 7) is 0.0839. The fourth-order valence-electron chi connectivity index (χ4n) is 2.54. The van der Waals surface area contributed by atoms with Gasteiger partial charge in [-0.3, -0.25) is 4.79 Å². The molecule has 0 radical (unpaired) electrons. The second-order valence-electron chi connectivity index (χ2n) is 5.18. The molecule has 0 heterocycles. The number of amides is 1. The number of carbonyl (C=O) groups excluding carboxylic acids is 1. The molecule has 0 spiro atoms. The van der Waals surface area contributed by atoms with Crippen LogP contribution in [0.5, 0.6) is 0 Å². The largest absolute Gasteiger partial charge is 0.393 e. The average Bonchev–Trinajstić information content (AvgIpc) is 2.36. The Morgan fingerprint density at radius 3 is 2.68 bits per heavy atom. The maximum absolute atomic E-state index is 11.7. The Kier molecular flexibility index (Phi) is 4.93. The lowest BCUT2D eigenvalue weighted by molar-refractivity contribution is -0.126. The van der Waals surface area contributed by atoms with Crippen LogP contribution in [0.3, 0.4) is 0 Å². The van der Waals surface area contributed by atoms with Crippen LogP contribution < -0.4 is 5.32 Å². The van der Waals surface area contributed by atoms with Crippen molar-refractivity contribution in [3.63, 3.8) is 0 Å². The van der Waals surface area contributed by atoms with Gasteiger partial charge < -0.3 is 15.2 Å². The van der Waals surface area contributed by atoms with Gasteiger partial charge in [0.15, 0.2) is 0 Å². The van der Waals surface area contributed by atoms with Gasteiger partial charge in [0.2, 0.25) is 5.91 Å². The predicted molar refractivity (Wildman–Crippen MR) is 72.7 cm³/mol. The van der Waals surface area contributed by atoms with Crippen molar-refractivity contribution in [2.24, 2.45) is 5.92 Å². The molecule has 0 bridgehead atoms. The highest BCUT2D eigenvalue weighted by molar-refractivity contribution is 5.77. The van der Waals surface area contributed by atoms with Crippen molar-refractivity contribution in [2.75, 3.05) is 13.7 Å². The smallest absolute Gasteiger partial charge is 0.246 e. The van der Waals surface area contributed by atoms with Crippen molar-refractivity contribution in [1.29, 1.82) is 0 Å². The van der Waals surface area contributed by atoms with Crippen molar-refractivity contribution < 1.29 is 14.6 Å². The van der Waals surface area contributed by atoms with Crippen LogP contribution >= 0.6 is 0 Å². The van der Waals surface area contributed by atoms with Gasteiger partial charge >= 0.3 is 0 Å². The maximum atomic E-state index is 11.7. The molecule has 2 N–H and O–H groups in total. The van der Waals surface area contributed by atoms with Gasteiger partial charge in [-0.05, 0) is 30.7 Å². The summed E-state index contributed by atoms with van der Waals surface area (Å²) < 4.78 is 4.85. The maximum Gasteiger partial charge on any atom is 0.246 e. The van der Waals surface area contributed by atoms with Crippen LogP contribution in [0.1, 0.15) is 18.4 Å². The summed E-state index contributed by atoms with van der Waals surface area (Å²) in [6.07, 6.45) is 2.13. The van der Waals surface area contributed by atoms with E-state index in [1.54, 1.807) is 0 Å². The molecular formula is C15H21NO3. The number of benzene rings is 1. The van der Waals surface area contributed by atoms with Crippen LogP contribution in [0.4, 0.5) is 0 Å². The summed E-state index contributed by atoms with van der Waals surface area (Å²) >= 11 is 0. The molecule has 1 saturated carbocycles. The number of carbonyl (C=O) groups is 1. The number of hydrogen-bond acceptors (Lipinski definition) is 3. The van der Waals surface area contributed by atoms with Crippen molar-refractivity contribution in [3.05, 3.63) is 35.9 Å². The number of methoxy groups -OCH3 is 1. The molecule has 0 aliphatic heterocycles. The van der Waals surface area contributed by atoms with E-state index in [2.05, 4.69) is 17.4 Å². The first kappa shape index (κ1) is 14.0. The van der Waals surface area contributed by atoms with Crippen LogP contribution in [0.2, 0.25) is 0 Å². The molecule has 19 heavy (non-hydrogen) atoms. The molecule has 1 aromatic carbocycles. The molecule has 4 nitrogen and oxygen atoms in total. The third-order valence-electron chi connectivity index (χ3n) is 3.64. The Morgan fingerprint density at radius 2 is 2.11 bits per heavy atom. The lowest BCUT2D eigenvalue weighted by Crippen LogP contribution is -2.49. The Labute approximate surface area is 113 Å². The molecule has 1 unspecified atom stereocenters. The molecule has 1 amide bonds. The SMILES string of the molecule is COCC(=O)NC(Cc1ccccc1)C1CC(O)C1. The Balaban J connectivity index is 1.96. The molecule has 1 fully saturated rings. The zero-order chi connectivity index (χ0) is 13.7. The van der Waals surface area contributed by atoms with Gasteiger partial charge in [0.05, 0.1) is 6.10 Å². The van der Waals surface area contributed by atoms with E-state index in [0.29, 0.717) is 5.92 Å².